The first-order chi connectivity index (χ1) is 11.5. The Kier molecular flexibility index (Phi) is 6.03. The van der Waals surface area contributed by atoms with Crippen LogP contribution in [0.4, 0.5) is 11.4 Å². The normalized spacial score (nSPS) is 11.6. The Labute approximate surface area is 141 Å². The molecule has 0 fully saturated rings. The minimum atomic E-state index is -0.215. The van der Waals surface area contributed by atoms with Crippen LogP contribution in [0.2, 0.25) is 0 Å². The molecule has 0 aliphatic carbocycles. The molecule has 6 heteroatoms. The molecular weight excluding hydrogens is 304 g/mol. The summed E-state index contributed by atoms with van der Waals surface area (Å²) in [5.74, 6) is -0.432. The Balaban J connectivity index is 2.11. The number of anilines is 2. The Morgan fingerprint density at radius 1 is 1.12 bits per heavy atom. The molecule has 1 atom stereocenters. The summed E-state index contributed by atoms with van der Waals surface area (Å²) in [5.41, 5.74) is 2.76. The number of pyridine rings is 1. The van der Waals surface area contributed by atoms with E-state index in [-0.39, 0.29) is 17.7 Å². The van der Waals surface area contributed by atoms with Gasteiger partial charge < -0.3 is 16.0 Å². The van der Waals surface area contributed by atoms with Crippen LogP contribution in [0, 0.1) is 12.8 Å². The summed E-state index contributed by atoms with van der Waals surface area (Å²) in [5, 5.41) is 8.71. The van der Waals surface area contributed by atoms with Gasteiger partial charge in [-0.15, -0.1) is 0 Å². The van der Waals surface area contributed by atoms with Gasteiger partial charge in [0.15, 0.2) is 0 Å². The molecule has 0 aliphatic rings. The van der Waals surface area contributed by atoms with Crippen molar-refractivity contribution >= 4 is 23.2 Å². The van der Waals surface area contributed by atoms with Crippen LogP contribution in [0.1, 0.15) is 22.8 Å². The molecule has 3 N–H and O–H groups in total. The number of hydrogen-bond donors (Lipinski definition) is 3. The summed E-state index contributed by atoms with van der Waals surface area (Å²) >= 11 is 0. The average molecular weight is 326 g/mol. The van der Waals surface area contributed by atoms with E-state index in [4.69, 9.17) is 0 Å². The van der Waals surface area contributed by atoms with Gasteiger partial charge in [0.1, 0.15) is 0 Å². The van der Waals surface area contributed by atoms with E-state index in [9.17, 15) is 9.59 Å². The van der Waals surface area contributed by atoms with E-state index in [1.807, 2.05) is 33.0 Å². The van der Waals surface area contributed by atoms with E-state index in [1.54, 1.807) is 30.6 Å². The second-order valence-electron chi connectivity index (χ2n) is 5.67. The van der Waals surface area contributed by atoms with E-state index < -0.39 is 0 Å². The summed E-state index contributed by atoms with van der Waals surface area (Å²) in [6.45, 7) is 4.35. The summed E-state index contributed by atoms with van der Waals surface area (Å²) in [4.78, 5) is 28.3. The van der Waals surface area contributed by atoms with Crippen LogP contribution in [0.3, 0.4) is 0 Å². The molecule has 0 bridgehead atoms. The highest BCUT2D eigenvalue weighted by molar-refractivity contribution is 6.05. The molecular formula is C18H22N4O2. The quantitative estimate of drug-likeness (QED) is 0.761. The SMILES string of the molecule is CNCC(C)C(=O)Nc1ccc(C)c(NC(=O)c2ccncc2)c1. The number of hydrogen-bond acceptors (Lipinski definition) is 4. The van der Waals surface area contributed by atoms with Gasteiger partial charge in [0.2, 0.25) is 5.91 Å². The van der Waals surface area contributed by atoms with Crippen LogP contribution in [0.5, 0.6) is 0 Å². The summed E-state index contributed by atoms with van der Waals surface area (Å²) in [7, 11) is 1.81. The fraction of sp³-hybridized carbons (Fsp3) is 0.278. The van der Waals surface area contributed by atoms with Gasteiger partial charge >= 0.3 is 0 Å². The van der Waals surface area contributed by atoms with Crippen molar-refractivity contribution in [2.45, 2.75) is 13.8 Å². The third-order valence-electron chi connectivity index (χ3n) is 3.65. The highest BCUT2D eigenvalue weighted by Crippen LogP contribution is 2.21. The molecule has 0 aliphatic heterocycles. The lowest BCUT2D eigenvalue weighted by Gasteiger charge is -2.14. The number of carbonyl (C=O) groups is 2. The number of benzene rings is 1. The molecule has 2 aromatic rings. The monoisotopic (exact) mass is 326 g/mol. The standard InChI is InChI=1S/C18H22N4O2/c1-12-4-5-15(21-17(23)13(2)11-19-3)10-16(12)22-18(24)14-6-8-20-9-7-14/h4-10,13,19H,11H2,1-3H3,(H,21,23)(H,22,24). The third kappa shape index (κ3) is 4.63. The van der Waals surface area contributed by atoms with Gasteiger partial charge in [-0.25, -0.2) is 0 Å². The number of rotatable bonds is 6. The molecule has 6 nitrogen and oxygen atoms in total. The molecule has 126 valence electrons. The van der Waals surface area contributed by atoms with Crippen molar-refractivity contribution in [2.24, 2.45) is 5.92 Å². The molecule has 24 heavy (non-hydrogen) atoms. The zero-order valence-corrected chi connectivity index (χ0v) is 14.1. The van der Waals surface area contributed by atoms with Gasteiger partial charge in [-0.1, -0.05) is 13.0 Å². The Hall–Kier alpha value is -2.73. The minimum Gasteiger partial charge on any atom is -0.326 e. The minimum absolute atomic E-state index is 0.0698. The predicted molar refractivity (Wildman–Crippen MR) is 95.1 cm³/mol. The van der Waals surface area contributed by atoms with Crippen molar-refractivity contribution in [3.05, 3.63) is 53.9 Å². The predicted octanol–water partition coefficient (Wildman–Crippen LogP) is 2.44. The van der Waals surface area contributed by atoms with Gasteiger partial charge in [0.25, 0.3) is 5.91 Å². The molecule has 1 aromatic heterocycles. The maximum atomic E-state index is 12.3. The summed E-state index contributed by atoms with van der Waals surface area (Å²) < 4.78 is 0. The Morgan fingerprint density at radius 2 is 1.83 bits per heavy atom. The van der Waals surface area contributed by atoms with E-state index in [0.717, 1.165) is 5.56 Å². The number of aromatic nitrogens is 1. The lowest BCUT2D eigenvalue weighted by molar-refractivity contribution is -0.119. The van der Waals surface area contributed by atoms with E-state index in [1.165, 1.54) is 0 Å². The molecule has 0 radical (unpaired) electrons. The van der Waals surface area contributed by atoms with Gasteiger partial charge in [0, 0.05) is 41.8 Å². The van der Waals surface area contributed by atoms with E-state index in [0.29, 0.717) is 23.5 Å². The second kappa shape index (κ2) is 8.21. The van der Waals surface area contributed by atoms with Crippen molar-refractivity contribution in [2.75, 3.05) is 24.2 Å². The molecule has 0 saturated heterocycles. The lowest BCUT2D eigenvalue weighted by atomic mass is 10.1. The molecule has 1 heterocycles. The van der Waals surface area contributed by atoms with Crippen LogP contribution >= 0.6 is 0 Å². The van der Waals surface area contributed by atoms with Crippen molar-refractivity contribution in [1.82, 2.24) is 10.3 Å². The van der Waals surface area contributed by atoms with Crippen molar-refractivity contribution in [3.8, 4) is 0 Å². The maximum absolute atomic E-state index is 12.3. The van der Waals surface area contributed by atoms with E-state index in [2.05, 4.69) is 20.9 Å². The number of amides is 2. The van der Waals surface area contributed by atoms with Crippen LogP contribution in [-0.4, -0.2) is 30.4 Å². The second-order valence-corrected chi connectivity index (χ2v) is 5.67. The molecule has 1 aromatic carbocycles. The zero-order valence-electron chi connectivity index (χ0n) is 14.1. The Morgan fingerprint density at radius 3 is 2.50 bits per heavy atom. The Bertz CT molecular complexity index is 716. The lowest BCUT2D eigenvalue weighted by Crippen LogP contribution is -2.28. The number of nitrogens with zero attached hydrogens (tertiary/aromatic N) is 1. The fourth-order valence-electron chi connectivity index (χ4n) is 2.20. The van der Waals surface area contributed by atoms with Gasteiger partial charge in [0.05, 0.1) is 0 Å². The van der Waals surface area contributed by atoms with Gasteiger partial charge in [-0.3, -0.25) is 14.6 Å². The first-order valence-electron chi connectivity index (χ1n) is 7.78. The molecule has 2 amide bonds. The molecule has 2 rings (SSSR count). The largest absolute Gasteiger partial charge is 0.326 e. The highest BCUT2D eigenvalue weighted by Gasteiger charge is 2.13. The highest BCUT2D eigenvalue weighted by atomic mass is 16.2. The summed E-state index contributed by atoms with van der Waals surface area (Å²) in [6.07, 6.45) is 3.14. The fourth-order valence-corrected chi connectivity index (χ4v) is 2.20. The molecule has 1 unspecified atom stereocenters. The average Bonchev–Trinajstić information content (AvgIpc) is 2.58. The maximum Gasteiger partial charge on any atom is 0.255 e. The van der Waals surface area contributed by atoms with Crippen molar-refractivity contribution in [1.29, 1.82) is 0 Å². The smallest absolute Gasteiger partial charge is 0.255 e. The first-order valence-corrected chi connectivity index (χ1v) is 7.78. The van der Waals surface area contributed by atoms with Crippen molar-refractivity contribution < 1.29 is 9.59 Å². The van der Waals surface area contributed by atoms with Crippen LogP contribution < -0.4 is 16.0 Å². The third-order valence-corrected chi connectivity index (χ3v) is 3.65. The topological polar surface area (TPSA) is 83.1 Å². The van der Waals surface area contributed by atoms with Crippen LogP contribution in [-0.2, 0) is 4.79 Å². The first kappa shape index (κ1) is 17.6. The van der Waals surface area contributed by atoms with Crippen LogP contribution in [0.25, 0.3) is 0 Å². The summed E-state index contributed by atoms with van der Waals surface area (Å²) in [6, 6.07) is 8.74. The van der Waals surface area contributed by atoms with Crippen LogP contribution in [0.15, 0.2) is 42.7 Å². The van der Waals surface area contributed by atoms with Gasteiger partial charge in [-0.2, -0.15) is 0 Å². The van der Waals surface area contributed by atoms with Gasteiger partial charge in [-0.05, 0) is 43.8 Å². The molecule has 0 spiro atoms. The number of nitrogens with one attached hydrogen (secondary N) is 3. The number of aryl methyl sites for hydroxylation is 1. The number of carbonyl (C=O) groups excluding carboxylic acids is 2. The van der Waals surface area contributed by atoms with Crippen molar-refractivity contribution in [3.63, 3.8) is 0 Å². The van der Waals surface area contributed by atoms with E-state index >= 15 is 0 Å². The zero-order chi connectivity index (χ0) is 17.5. The molecule has 0 saturated carbocycles.